The molecule has 0 N–H and O–H groups in total. The fourth-order valence-corrected chi connectivity index (χ4v) is 5.51. The first-order chi connectivity index (χ1) is 15.8. The molecule has 0 unspecified atom stereocenters. The molecule has 176 valence electrons. The molecule has 0 amide bonds. The molecule has 5 nitrogen and oxygen atoms in total. The summed E-state index contributed by atoms with van der Waals surface area (Å²) < 4.78 is 37.0. The lowest BCUT2D eigenvalue weighted by Crippen LogP contribution is -2.28. The minimum atomic E-state index is -3.12. The Morgan fingerprint density at radius 3 is 2.52 bits per heavy atom. The van der Waals surface area contributed by atoms with Gasteiger partial charge in [0.25, 0.3) is 0 Å². The Kier molecular flexibility index (Phi) is 7.25. The van der Waals surface area contributed by atoms with E-state index in [0.717, 1.165) is 47.5 Å². The molecule has 1 atom stereocenters. The third kappa shape index (κ3) is 6.06. The molecule has 1 heterocycles. The van der Waals surface area contributed by atoms with Gasteiger partial charge in [-0.25, -0.2) is 12.7 Å². The van der Waals surface area contributed by atoms with Crippen molar-refractivity contribution < 1.29 is 17.9 Å². The highest BCUT2D eigenvalue weighted by molar-refractivity contribution is 7.88. The molecule has 2 aliphatic rings. The van der Waals surface area contributed by atoms with Crippen molar-refractivity contribution in [3.8, 4) is 16.9 Å². The second kappa shape index (κ2) is 10.1. The maximum Gasteiger partial charge on any atom is 0.211 e. The summed E-state index contributed by atoms with van der Waals surface area (Å²) in [6.07, 6.45) is 10.6. The Morgan fingerprint density at radius 2 is 1.85 bits per heavy atom. The summed E-state index contributed by atoms with van der Waals surface area (Å²) in [5.41, 5.74) is 5.84. The van der Waals surface area contributed by atoms with Crippen molar-refractivity contribution in [1.82, 2.24) is 4.31 Å². The Bertz CT molecular complexity index is 1140. The predicted molar refractivity (Wildman–Crippen MR) is 133 cm³/mol. The lowest BCUT2D eigenvalue weighted by molar-refractivity contribution is 0.209. The van der Waals surface area contributed by atoms with Gasteiger partial charge in [0.15, 0.2) is 0 Å². The topological polar surface area (TPSA) is 55.8 Å². The van der Waals surface area contributed by atoms with E-state index in [1.54, 1.807) is 4.31 Å². The Balaban J connectivity index is 1.42. The summed E-state index contributed by atoms with van der Waals surface area (Å²) in [4.78, 5) is 0. The van der Waals surface area contributed by atoms with Crippen LogP contribution in [0.1, 0.15) is 36.0 Å². The van der Waals surface area contributed by atoms with Crippen molar-refractivity contribution in [2.75, 3.05) is 26.0 Å². The van der Waals surface area contributed by atoms with Gasteiger partial charge in [-0.05, 0) is 91.3 Å². The average molecular weight is 468 g/mol. The number of benzene rings is 2. The van der Waals surface area contributed by atoms with E-state index in [0.29, 0.717) is 26.3 Å². The van der Waals surface area contributed by atoms with Crippen molar-refractivity contribution in [3.05, 3.63) is 77.1 Å². The minimum Gasteiger partial charge on any atom is -0.493 e. The van der Waals surface area contributed by atoms with E-state index in [2.05, 4.69) is 62.4 Å². The van der Waals surface area contributed by atoms with Crippen LogP contribution in [0.4, 0.5) is 0 Å². The van der Waals surface area contributed by atoms with Crippen LogP contribution in [0.15, 0.2) is 60.4 Å². The molecule has 1 fully saturated rings. The van der Waals surface area contributed by atoms with E-state index in [-0.39, 0.29) is 5.92 Å². The summed E-state index contributed by atoms with van der Waals surface area (Å²) in [5.74, 6) is 2.01. The van der Waals surface area contributed by atoms with Crippen molar-refractivity contribution in [2.24, 2.45) is 5.92 Å². The number of hydrogen-bond acceptors (Lipinski definition) is 4. The third-order valence-corrected chi connectivity index (χ3v) is 7.56. The highest BCUT2D eigenvalue weighted by Crippen LogP contribution is 2.32. The summed E-state index contributed by atoms with van der Waals surface area (Å²) in [6, 6.07) is 12.7. The minimum absolute atomic E-state index is 0.228. The van der Waals surface area contributed by atoms with Crippen LogP contribution in [-0.4, -0.2) is 38.7 Å². The quantitative estimate of drug-likeness (QED) is 0.523. The van der Waals surface area contributed by atoms with Gasteiger partial charge in [0.2, 0.25) is 10.0 Å². The van der Waals surface area contributed by atoms with Crippen LogP contribution >= 0.6 is 0 Å². The molecule has 0 radical (unpaired) electrons. The maximum absolute atomic E-state index is 11.7. The van der Waals surface area contributed by atoms with Crippen LogP contribution in [0.3, 0.4) is 0 Å². The number of rotatable bonds is 8. The van der Waals surface area contributed by atoms with Gasteiger partial charge in [-0.2, -0.15) is 0 Å². The highest BCUT2D eigenvalue weighted by Gasteiger charge is 2.28. The van der Waals surface area contributed by atoms with Gasteiger partial charge in [-0.1, -0.05) is 24.3 Å². The Morgan fingerprint density at radius 1 is 1.06 bits per heavy atom. The van der Waals surface area contributed by atoms with Gasteiger partial charge in [-0.3, -0.25) is 0 Å². The molecular formula is C27H33NO4S. The van der Waals surface area contributed by atoms with Crippen LogP contribution in [0.2, 0.25) is 0 Å². The standard InChI is InChI=1S/C27H33NO4S/c1-20-14-26(32-19-23-12-13-28(17-23)33(3,29)30)15-21(2)27(20)24-9-7-8-22(16-24)18-31-25-10-5-4-6-11-25/h5,7-11,14-16,23H,4,6,12-13,17-19H2,1-3H3/t23-/m0/s1. The van der Waals surface area contributed by atoms with E-state index in [4.69, 9.17) is 9.47 Å². The molecule has 0 spiro atoms. The van der Waals surface area contributed by atoms with Crippen molar-refractivity contribution >= 4 is 10.0 Å². The van der Waals surface area contributed by atoms with E-state index in [9.17, 15) is 8.42 Å². The zero-order valence-corrected chi connectivity index (χ0v) is 20.5. The van der Waals surface area contributed by atoms with Crippen molar-refractivity contribution in [3.63, 3.8) is 0 Å². The molecule has 1 saturated heterocycles. The summed E-state index contributed by atoms with van der Waals surface area (Å²) in [6.45, 7) is 6.42. The summed E-state index contributed by atoms with van der Waals surface area (Å²) in [5, 5.41) is 0. The largest absolute Gasteiger partial charge is 0.493 e. The zero-order chi connectivity index (χ0) is 23.4. The van der Waals surface area contributed by atoms with Crippen LogP contribution in [0.25, 0.3) is 11.1 Å². The second-order valence-electron chi connectivity index (χ2n) is 9.09. The fraction of sp³-hybridized carbons (Fsp3) is 0.407. The lowest BCUT2D eigenvalue weighted by atomic mass is 9.94. The van der Waals surface area contributed by atoms with Crippen LogP contribution < -0.4 is 4.74 Å². The number of aryl methyl sites for hydroxylation is 2. The van der Waals surface area contributed by atoms with Crippen molar-refractivity contribution in [1.29, 1.82) is 0 Å². The molecule has 2 aromatic rings. The van der Waals surface area contributed by atoms with Gasteiger partial charge in [0.1, 0.15) is 18.1 Å². The van der Waals surface area contributed by atoms with Crippen LogP contribution in [0.5, 0.6) is 5.75 Å². The first-order valence-electron chi connectivity index (χ1n) is 11.6. The van der Waals surface area contributed by atoms with Crippen LogP contribution in [-0.2, 0) is 21.4 Å². The van der Waals surface area contributed by atoms with Crippen LogP contribution in [0, 0.1) is 19.8 Å². The Labute approximate surface area is 197 Å². The molecule has 1 aliphatic heterocycles. The number of sulfonamides is 1. The molecule has 0 aromatic heterocycles. The molecule has 0 saturated carbocycles. The molecule has 1 aliphatic carbocycles. The number of ether oxygens (including phenoxy) is 2. The van der Waals surface area contributed by atoms with Gasteiger partial charge in [0, 0.05) is 19.0 Å². The normalized spacial score (nSPS) is 18.9. The fourth-order valence-electron chi connectivity index (χ4n) is 4.59. The van der Waals surface area contributed by atoms with Gasteiger partial charge >= 0.3 is 0 Å². The van der Waals surface area contributed by atoms with Gasteiger partial charge in [0.05, 0.1) is 12.9 Å². The third-order valence-electron chi connectivity index (χ3n) is 6.29. The average Bonchev–Trinajstić information content (AvgIpc) is 3.27. The SMILES string of the molecule is Cc1cc(OC[C@H]2CCN(S(C)(=O)=O)C2)cc(C)c1-c1cccc(COC2=CCCC=C2)c1. The van der Waals surface area contributed by atoms with Crippen molar-refractivity contribution in [2.45, 2.75) is 39.7 Å². The monoisotopic (exact) mass is 467 g/mol. The lowest BCUT2D eigenvalue weighted by Gasteiger charge is -2.17. The van der Waals surface area contributed by atoms with E-state index >= 15 is 0 Å². The summed E-state index contributed by atoms with van der Waals surface area (Å²) >= 11 is 0. The van der Waals surface area contributed by atoms with E-state index in [1.807, 2.05) is 6.08 Å². The first kappa shape index (κ1) is 23.6. The van der Waals surface area contributed by atoms with Gasteiger partial charge in [-0.15, -0.1) is 0 Å². The maximum atomic E-state index is 11.7. The second-order valence-corrected chi connectivity index (χ2v) is 11.1. The number of hydrogen-bond donors (Lipinski definition) is 0. The first-order valence-corrected chi connectivity index (χ1v) is 13.4. The van der Waals surface area contributed by atoms with E-state index < -0.39 is 10.0 Å². The predicted octanol–water partition coefficient (Wildman–Crippen LogP) is 5.38. The van der Waals surface area contributed by atoms with E-state index in [1.165, 1.54) is 17.4 Å². The Hall–Kier alpha value is -2.57. The molecule has 2 aromatic carbocycles. The number of nitrogens with zero attached hydrogens (tertiary/aromatic N) is 1. The molecule has 4 rings (SSSR count). The molecular weight excluding hydrogens is 434 g/mol. The zero-order valence-electron chi connectivity index (χ0n) is 19.7. The smallest absolute Gasteiger partial charge is 0.211 e. The molecule has 6 heteroatoms. The molecule has 33 heavy (non-hydrogen) atoms. The number of allylic oxidation sites excluding steroid dienone is 3. The molecule has 0 bridgehead atoms. The van der Waals surface area contributed by atoms with Gasteiger partial charge < -0.3 is 9.47 Å². The summed E-state index contributed by atoms with van der Waals surface area (Å²) in [7, 11) is -3.12. The highest BCUT2D eigenvalue weighted by atomic mass is 32.2.